The van der Waals surface area contributed by atoms with Gasteiger partial charge >= 0.3 is 37.3 Å². The van der Waals surface area contributed by atoms with E-state index < -0.39 is 42.7 Å². The van der Waals surface area contributed by atoms with Gasteiger partial charge in [0.1, 0.15) is 25.1 Å². The summed E-state index contributed by atoms with van der Waals surface area (Å²) in [6, 6.07) is 2.72. The van der Waals surface area contributed by atoms with Crippen LogP contribution in [0.15, 0.2) is 50.0 Å². The first-order chi connectivity index (χ1) is 20.4. The van der Waals surface area contributed by atoms with E-state index in [0.717, 1.165) is 27.9 Å². The van der Waals surface area contributed by atoms with Crippen LogP contribution in [-0.2, 0) is 30.8 Å². The second-order valence-electron chi connectivity index (χ2n) is 8.71. The summed E-state index contributed by atoms with van der Waals surface area (Å²) in [6.45, 7) is 1.69. The molecule has 0 radical (unpaired) electrons. The number of aryl methyl sites for hydroxylation is 1. The van der Waals surface area contributed by atoms with E-state index in [-0.39, 0.29) is 58.6 Å². The number of nitrogens with zero attached hydrogens (tertiary/aromatic N) is 6. The molecule has 2 atom stereocenters. The zero-order chi connectivity index (χ0) is 30.9. The third-order valence-corrected chi connectivity index (χ3v) is 10.5. The third-order valence-electron chi connectivity index (χ3n) is 5.76. The van der Waals surface area contributed by atoms with Crippen LogP contribution in [-0.4, -0.2) is 76.3 Å². The number of anilines is 1. The molecule has 0 aliphatic carbocycles. The number of hydrogen-bond acceptors (Lipinski definition) is 14. The van der Waals surface area contributed by atoms with E-state index in [9.17, 15) is 24.1 Å². The summed E-state index contributed by atoms with van der Waals surface area (Å²) in [6.07, 6.45) is 3.78. The van der Waals surface area contributed by atoms with Gasteiger partial charge in [0.15, 0.2) is 16.7 Å². The SMILES string of the molecule is CCO/N=C(\C(=O)N[C@@H]1C(=O)N2C(C(=O)[O-])=C(Sc3nc(-c4cc[n+](C)cc4)cs3)CS[C@H]12)c1nsc(NP(=O)(O)O)n1.[Na+]. The Morgan fingerprint density at radius 1 is 1.32 bits per heavy atom. The number of rotatable bonds is 11. The van der Waals surface area contributed by atoms with Crippen molar-refractivity contribution >= 4 is 82.8 Å². The molecule has 1 fully saturated rings. The second-order valence-corrected chi connectivity index (χ2v) is 14.1. The summed E-state index contributed by atoms with van der Waals surface area (Å²) in [5, 5.41) is 21.1. The van der Waals surface area contributed by atoms with E-state index in [1.807, 2.05) is 46.6 Å². The number of aromatic nitrogens is 4. The van der Waals surface area contributed by atoms with Crippen LogP contribution in [0.2, 0.25) is 0 Å². The van der Waals surface area contributed by atoms with Crippen LogP contribution < -0.4 is 49.6 Å². The van der Waals surface area contributed by atoms with Crippen LogP contribution >= 0.6 is 54.1 Å². The molecular formula is C22H21N8NaO8PS4+. The molecule has 3 aromatic heterocycles. The van der Waals surface area contributed by atoms with Crippen molar-refractivity contribution in [1.82, 2.24) is 24.6 Å². The van der Waals surface area contributed by atoms with Crippen molar-refractivity contribution in [2.75, 3.05) is 17.4 Å². The molecule has 2 aliphatic heterocycles. The quantitative estimate of drug-likeness (QED) is 0.0387. The van der Waals surface area contributed by atoms with Crippen molar-refractivity contribution in [3.05, 3.63) is 46.3 Å². The number of carbonyl (C=O) groups excluding carboxylic acids is 3. The van der Waals surface area contributed by atoms with Gasteiger partial charge < -0.3 is 29.8 Å². The Balaban J connectivity index is 0.00000442. The normalized spacial score (nSPS) is 18.2. The number of β-lactam (4-membered cyclic amide) rings is 1. The van der Waals surface area contributed by atoms with E-state index in [4.69, 9.17) is 14.6 Å². The molecule has 0 unspecified atom stereocenters. The first-order valence-corrected chi connectivity index (χ1v) is 17.2. The van der Waals surface area contributed by atoms with Crippen molar-refractivity contribution in [2.45, 2.75) is 22.7 Å². The number of pyridine rings is 1. The summed E-state index contributed by atoms with van der Waals surface area (Å²) in [5.41, 5.74) is 0.906. The van der Waals surface area contributed by atoms with Crippen molar-refractivity contribution in [3.63, 3.8) is 0 Å². The minimum Gasteiger partial charge on any atom is -0.543 e. The van der Waals surface area contributed by atoms with Crippen molar-refractivity contribution < 1.29 is 72.8 Å². The maximum Gasteiger partial charge on any atom is 1.00 e. The number of amides is 2. The number of fused-ring (bicyclic) bond motifs is 1. The second kappa shape index (κ2) is 14.4. The molecule has 226 valence electrons. The number of carbonyl (C=O) groups is 3. The third kappa shape index (κ3) is 7.69. The fourth-order valence-corrected chi connectivity index (χ4v) is 8.59. The van der Waals surface area contributed by atoms with Gasteiger partial charge in [0.05, 0.1) is 17.4 Å². The maximum atomic E-state index is 13.1. The molecule has 44 heavy (non-hydrogen) atoms. The average Bonchev–Trinajstić information content (AvgIpc) is 3.60. The number of nitrogens with one attached hydrogen (secondary N) is 2. The van der Waals surface area contributed by atoms with E-state index >= 15 is 0 Å². The molecule has 2 aliphatic rings. The topological polar surface area (TPSA) is 223 Å². The summed E-state index contributed by atoms with van der Waals surface area (Å²) in [7, 11) is -2.78. The molecule has 1 saturated heterocycles. The summed E-state index contributed by atoms with van der Waals surface area (Å²) < 4.78 is 17.6. The molecule has 0 spiro atoms. The number of aliphatic carboxylic acids is 1. The van der Waals surface area contributed by atoms with E-state index in [1.54, 1.807) is 6.92 Å². The van der Waals surface area contributed by atoms with Gasteiger partial charge in [-0.1, -0.05) is 16.9 Å². The Morgan fingerprint density at radius 3 is 2.70 bits per heavy atom. The molecule has 3 aromatic rings. The fourth-order valence-electron chi connectivity index (χ4n) is 3.89. The standard InChI is InChI=1S/C22H21N8O8PS4.Na/c1-3-38-26-13(16-25-21(43-28-16)27-39(35,36)37)17(31)24-14-18(32)30-15(20(33)34)12(9-40-19(14)30)42-22-23-11(8-41-22)10-4-6-29(2)7-5-10;/h4-8,14,19H,3,9H2,1-2H3,(H4-,24,25,27,28,31,33,34,35,36,37);/q;+1/b26-13-;/t14-,19-;/m1./s1. The first-order valence-electron chi connectivity index (χ1n) is 12.1. The number of thioether (sulfide) groups is 2. The average molecular weight is 708 g/mol. The van der Waals surface area contributed by atoms with Gasteiger partial charge in [0, 0.05) is 45.3 Å². The maximum absolute atomic E-state index is 13.1. The predicted octanol–water partition coefficient (Wildman–Crippen LogP) is -3.11. The molecule has 2 amide bonds. The van der Waals surface area contributed by atoms with Crippen LogP contribution in [0.25, 0.3) is 11.3 Å². The molecule has 4 N–H and O–H groups in total. The van der Waals surface area contributed by atoms with E-state index in [1.165, 1.54) is 23.1 Å². The van der Waals surface area contributed by atoms with Gasteiger partial charge in [-0.05, 0) is 6.92 Å². The van der Waals surface area contributed by atoms with Gasteiger partial charge in [-0.15, -0.1) is 23.1 Å². The van der Waals surface area contributed by atoms with Crippen LogP contribution in [0.5, 0.6) is 0 Å². The molecule has 0 aromatic carbocycles. The van der Waals surface area contributed by atoms with E-state index in [2.05, 4.69) is 24.8 Å². The number of hydrogen-bond donors (Lipinski definition) is 4. The van der Waals surface area contributed by atoms with Crippen molar-refractivity contribution in [1.29, 1.82) is 0 Å². The fraction of sp³-hybridized carbons (Fsp3) is 0.273. The van der Waals surface area contributed by atoms with Gasteiger partial charge in [-0.25, -0.2) is 14.1 Å². The number of carboxylic acids is 1. The van der Waals surface area contributed by atoms with Crippen molar-refractivity contribution in [3.8, 4) is 11.3 Å². The van der Waals surface area contributed by atoms with E-state index in [0.29, 0.717) is 20.8 Å². The molecule has 0 saturated carbocycles. The monoisotopic (exact) mass is 707 g/mol. The number of carboxylic acid groups (broad SMARTS) is 1. The van der Waals surface area contributed by atoms with Crippen LogP contribution in [0.4, 0.5) is 5.13 Å². The predicted molar refractivity (Wildman–Crippen MR) is 155 cm³/mol. The Labute approximate surface area is 288 Å². The Hall–Kier alpha value is -2.39. The van der Waals surface area contributed by atoms with Crippen LogP contribution in [0.1, 0.15) is 12.7 Å². The van der Waals surface area contributed by atoms with Crippen LogP contribution in [0.3, 0.4) is 0 Å². The molecule has 0 bridgehead atoms. The van der Waals surface area contributed by atoms with Gasteiger partial charge in [-0.2, -0.15) is 9.36 Å². The van der Waals surface area contributed by atoms with Crippen molar-refractivity contribution in [2.24, 2.45) is 12.2 Å². The van der Waals surface area contributed by atoms with Gasteiger partial charge in [-0.3, -0.25) is 19.6 Å². The van der Waals surface area contributed by atoms with Crippen LogP contribution in [0, 0.1) is 0 Å². The molecule has 16 nitrogen and oxygen atoms in total. The Kier molecular flexibility index (Phi) is 11.3. The minimum atomic E-state index is -4.68. The smallest absolute Gasteiger partial charge is 0.543 e. The molecular weight excluding hydrogens is 687 g/mol. The summed E-state index contributed by atoms with van der Waals surface area (Å²) in [5.74, 6) is -3.19. The Morgan fingerprint density at radius 2 is 2.05 bits per heavy atom. The molecule has 22 heteroatoms. The molecule has 5 heterocycles. The number of thiazole rings is 1. The van der Waals surface area contributed by atoms with Gasteiger partial charge in [0.2, 0.25) is 16.7 Å². The zero-order valence-electron chi connectivity index (χ0n) is 23.1. The summed E-state index contributed by atoms with van der Waals surface area (Å²) >= 11 is 4.31. The zero-order valence-corrected chi connectivity index (χ0v) is 29.2. The first kappa shape index (κ1) is 34.5. The van der Waals surface area contributed by atoms with Gasteiger partial charge in [0.25, 0.3) is 11.8 Å². The Bertz CT molecular complexity index is 1690. The molecule has 5 rings (SSSR count). The summed E-state index contributed by atoms with van der Waals surface area (Å²) in [4.78, 5) is 71.5. The minimum absolute atomic E-state index is 0. The largest absolute Gasteiger partial charge is 1.00 e. The number of oxime groups is 1.